The van der Waals surface area contributed by atoms with Crippen LogP contribution < -0.4 is 15.4 Å². The molecule has 188 valence electrons. The molecule has 0 saturated carbocycles. The molecular weight excluding hydrogens is 460 g/mol. The van der Waals surface area contributed by atoms with Crippen molar-refractivity contribution >= 4 is 29.0 Å². The third-order valence-electron chi connectivity index (χ3n) is 6.36. The van der Waals surface area contributed by atoms with Crippen LogP contribution in [0.4, 0.5) is 11.5 Å². The number of carbonyl (C=O) groups is 2. The summed E-state index contributed by atoms with van der Waals surface area (Å²) in [6.45, 7) is 9.47. The van der Waals surface area contributed by atoms with Gasteiger partial charge in [0.1, 0.15) is 29.8 Å². The van der Waals surface area contributed by atoms with E-state index >= 15 is 0 Å². The number of nitrogens with zero attached hydrogens (tertiary/aromatic N) is 4. The maximum atomic E-state index is 13.1. The third-order valence-corrected chi connectivity index (χ3v) is 6.36. The fourth-order valence-corrected chi connectivity index (χ4v) is 4.51. The number of aryl methyl sites for hydroxylation is 1. The monoisotopic (exact) mass is 490 g/mol. The van der Waals surface area contributed by atoms with E-state index in [9.17, 15) is 9.59 Å². The molecule has 1 fully saturated rings. The van der Waals surface area contributed by atoms with Crippen molar-refractivity contribution in [2.45, 2.75) is 13.8 Å². The molecule has 3 aliphatic rings. The summed E-state index contributed by atoms with van der Waals surface area (Å²) in [6, 6.07) is 7.36. The largest absolute Gasteiger partial charge is 0.490 e. The van der Waals surface area contributed by atoms with Gasteiger partial charge in [-0.2, -0.15) is 0 Å². The predicted octanol–water partition coefficient (Wildman–Crippen LogP) is 2.27. The molecule has 0 bridgehead atoms. The number of ketones is 1. The highest BCUT2D eigenvalue weighted by Gasteiger charge is 2.32. The molecule has 0 radical (unpaired) electrons. The SMILES string of the molecule is CC(=O)Nc1ccc(C(=O)C=C2Nc3c(ccc(C)c3OCCN3CCOCC3)C3=NCCN23)cn1. The Balaban J connectivity index is 1.38. The number of hydrogen-bond donors (Lipinski definition) is 2. The number of aromatic nitrogens is 1. The number of amidine groups is 1. The van der Waals surface area contributed by atoms with Gasteiger partial charge < -0.3 is 25.0 Å². The first-order chi connectivity index (χ1) is 17.5. The Morgan fingerprint density at radius 3 is 2.78 bits per heavy atom. The van der Waals surface area contributed by atoms with E-state index in [1.54, 1.807) is 18.2 Å². The molecule has 3 aliphatic heterocycles. The van der Waals surface area contributed by atoms with E-state index < -0.39 is 0 Å². The summed E-state index contributed by atoms with van der Waals surface area (Å²) in [5.41, 5.74) is 3.23. The fourth-order valence-electron chi connectivity index (χ4n) is 4.51. The number of hydrogen-bond acceptors (Lipinski definition) is 9. The lowest BCUT2D eigenvalue weighted by atomic mass is 10.0. The van der Waals surface area contributed by atoms with E-state index in [1.807, 2.05) is 24.0 Å². The highest BCUT2D eigenvalue weighted by atomic mass is 16.5. The van der Waals surface area contributed by atoms with E-state index in [-0.39, 0.29) is 11.7 Å². The van der Waals surface area contributed by atoms with Crippen molar-refractivity contribution in [1.29, 1.82) is 0 Å². The van der Waals surface area contributed by atoms with Crippen molar-refractivity contribution in [3.05, 3.63) is 59.0 Å². The van der Waals surface area contributed by atoms with Crippen LogP contribution in [0.5, 0.6) is 5.75 Å². The lowest BCUT2D eigenvalue weighted by Crippen LogP contribution is -2.39. The summed E-state index contributed by atoms with van der Waals surface area (Å²) in [4.78, 5) is 37.5. The second kappa shape index (κ2) is 10.5. The maximum Gasteiger partial charge on any atom is 0.222 e. The minimum absolute atomic E-state index is 0.198. The number of aliphatic imine (C=N–C) groups is 1. The summed E-state index contributed by atoms with van der Waals surface area (Å²) in [5, 5.41) is 6.06. The van der Waals surface area contributed by atoms with E-state index in [0.717, 1.165) is 61.2 Å². The summed E-state index contributed by atoms with van der Waals surface area (Å²) in [7, 11) is 0. The predicted molar refractivity (Wildman–Crippen MR) is 137 cm³/mol. The molecule has 1 aromatic carbocycles. The average molecular weight is 491 g/mol. The van der Waals surface area contributed by atoms with Crippen LogP contribution in [-0.2, 0) is 9.53 Å². The van der Waals surface area contributed by atoms with Gasteiger partial charge in [-0.25, -0.2) is 4.98 Å². The summed E-state index contributed by atoms with van der Waals surface area (Å²) in [6.07, 6.45) is 3.03. The summed E-state index contributed by atoms with van der Waals surface area (Å²) in [5.74, 6) is 2.25. The van der Waals surface area contributed by atoms with Crippen LogP contribution in [0.1, 0.15) is 28.4 Å². The Bertz CT molecular complexity index is 1220. The number of allylic oxidation sites excluding steroid dienone is 1. The van der Waals surface area contributed by atoms with Crippen LogP contribution in [0.2, 0.25) is 0 Å². The number of rotatable bonds is 7. The van der Waals surface area contributed by atoms with Crippen molar-refractivity contribution < 1.29 is 19.1 Å². The second-order valence-electron chi connectivity index (χ2n) is 8.93. The van der Waals surface area contributed by atoms with Gasteiger partial charge in [-0.05, 0) is 30.7 Å². The van der Waals surface area contributed by atoms with Gasteiger partial charge in [0.2, 0.25) is 5.91 Å². The van der Waals surface area contributed by atoms with Crippen LogP contribution >= 0.6 is 0 Å². The van der Waals surface area contributed by atoms with Gasteiger partial charge in [-0.15, -0.1) is 0 Å². The number of carbonyl (C=O) groups excluding carboxylic acids is 2. The smallest absolute Gasteiger partial charge is 0.222 e. The fraction of sp³-hybridized carbons (Fsp3) is 0.385. The topological polar surface area (TPSA) is 108 Å². The first-order valence-electron chi connectivity index (χ1n) is 12.1. The van der Waals surface area contributed by atoms with Crippen molar-refractivity contribution in [3.63, 3.8) is 0 Å². The zero-order valence-electron chi connectivity index (χ0n) is 20.5. The molecule has 10 nitrogen and oxygen atoms in total. The molecule has 5 rings (SSSR count). The van der Waals surface area contributed by atoms with E-state index in [1.165, 1.54) is 13.1 Å². The van der Waals surface area contributed by atoms with Crippen molar-refractivity contribution in [2.24, 2.45) is 4.99 Å². The van der Waals surface area contributed by atoms with Crippen molar-refractivity contribution in [2.75, 3.05) is 63.2 Å². The standard InChI is InChI=1S/C26H30N6O4/c1-17-3-5-20-24(25(17)36-14-11-31-9-12-35-13-10-31)30-23(32-8-7-27-26(20)32)15-21(34)19-4-6-22(28-16-19)29-18(2)33/h3-6,15-16,30H,7-14H2,1-2H3,(H,28,29,33). The van der Waals surface area contributed by atoms with Crippen LogP contribution in [0.3, 0.4) is 0 Å². The molecule has 1 aromatic heterocycles. The van der Waals surface area contributed by atoms with E-state index in [2.05, 4.69) is 20.5 Å². The van der Waals surface area contributed by atoms with Gasteiger partial charge in [0.25, 0.3) is 0 Å². The van der Waals surface area contributed by atoms with Crippen molar-refractivity contribution in [3.8, 4) is 5.75 Å². The first kappa shape index (κ1) is 24.0. The number of fused-ring (bicyclic) bond motifs is 3. The molecule has 1 saturated heterocycles. The van der Waals surface area contributed by atoms with Crippen LogP contribution in [0.15, 0.2) is 47.4 Å². The van der Waals surface area contributed by atoms with Gasteiger partial charge >= 0.3 is 0 Å². The van der Waals surface area contributed by atoms with Crippen LogP contribution in [0.25, 0.3) is 0 Å². The Morgan fingerprint density at radius 1 is 1.19 bits per heavy atom. The minimum Gasteiger partial charge on any atom is -0.490 e. The molecule has 4 heterocycles. The Labute approximate surface area is 210 Å². The molecular formula is C26H30N6O4. The molecule has 10 heteroatoms. The highest BCUT2D eigenvalue weighted by molar-refractivity contribution is 6.11. The molecule has 0 spiro atoms. The highest BCUT2D eigenvalue weighted by Crippen LogP contribution is 2.39. The summed E-state index contributed by atoms with van der Waals surface area (Å²) >= 11 is 0. The number of pyridine rings is 1. The number of benzene rings is 1. The normalized spacial score (nSPS) is 18.2. The molecule has 2 aromatic rings. The second-order valence-corrected chi connectivity index (χ2v) is 8.93. The third kappa shape index (κ3) is 5.09. The Morgan fingerprint density at radius 2 is 2.03 bits per heavy atom. The Kier molecular flexibility index (Phi) is 6.97. The quantitative estimate of drug-likeness (QED) is 0.450. The number of amides is 1. The molecule has 1 amide bonds. The number of morpholine rings is 1. The van der Waals surface area contributed by atoms with Gasteiger partial charge in [0.15, 0.2) is 5.78 Å². The van der Waals surface area contributed by atoms with Crippen LogP contribution in [0, 0.1) is 6.92 Å². The number of ether oxygens (including phenoxy) is 2. The summed E-state index contributed by atoms with van der Waals surface area (Å²) < 4.78 is 11.7. The Hall–Kier alpha value is -3.76. The number of nitrogens with one attached hydrogen (secondary N) is 2. The van der Waals surface area contributed by atoms with E-state index in [4.69, 9.17) is 14.5 Å². The van der Waals surface area contributed by atoms with E-state index in [0.29, 0.717) is 36.9 Å². The number of anilines is 2. The molecule has 0 unspecified atom stereocenters. The van der Waals surface area contributed by atoms with Gasteiger partial charge in [0.05, 0.1) is 25.4 Å². The molecule has 36 heavy (non-hydrogen) atoms. The zero-order chi connectivity index (χ0) is 25.1. The molecule has 0 atom stereocenters. The maximum absolute atomic E-state index is 13.1. The van der Waals surface area contributed by atoms with Gasteiger partial charge in [-0.3, -0.25) is 19.5 Å². The van der Waals surface area contributed by atoms with Crippen LogP contribution in [-0.4, -0.2) is 84.9 Å². The lowest BCUT2D eigenvalue weighted by molar-refractivity contribution is -0.114. The lowest BCUT2D eigenvalue weighted by Gasteiger charge is -2.33. The average Bonchev–Trinajstić information content (AvgIpc) is 3.37. The molecule has 2 N–H and O–H groups in total. The zero-order valence-corrected chi connectivity index (χ0v) is 20.5. The van der Waals surface area contributed by atoms with Gasteiger partial charge in [0, 0.05) is 56.5 Å². The minimum atomic E-state index is -0.215. The first-order valence-corrected chi connectivity index (χ1v) is 12.1. The van der Waals surface area contributed by atoms with Gasteiger partial charge in [-0.1, -0.05) is 6.07 Å². The van der Waals surface area contributed by atoms with Crippen molar-refractivity contribution in [1.82, 2.24) is 14.8 Å². The molecule has 0 aliphatic carbocycles.